The van der Waals surface area contributed by atoms with Crippen LogP contribution in [0.1, 0.15) is 51.5 Å². The number of nitrogens with zero attached hydrogens (tertiary/aromatic N) is 1. The van der Waals surface area contributed by atoms with Crippen LogP contribution in [0, 0.1) is 17.8 Å². The monoisotopic (exact) mass is 590 g/mol. The molecule has 2 saturated heterocycles. The summed E-state index contributed by atoms with van der Waals surface area (Å²) in [5.74, 6) is -1.27. The number of hydrogen-bond donors (Lipinski definition) is 3. The molecule has 3 N–H and O–H groups in total. The molecule has 8 heteroatoms. The van der Waals surface area contributed by atoms with E-state index in [1.807, 2.05) is 66.7 Å². The number of phenols is 1. The van der Waals surface area contributed by atoms with Crippen molar-refractivity contribution >= 4 is 42.1 Å². The Morgan fingerprint density at radius 1 is 0.955 bits per heavy atom. The summed E-state index contributed by atoms with van der Waals surface area (Å²) in [6.07, 6.45) is 5.79. The van der Waals surface area contributed by atoms with Gasteiger partial charge in [0.2, 0.25) is 11.8 Å². The number of nitrogens with one attached hydrogen (secondary N) is 1. The number of anilines is 3. The Bertz CT molecular complexity index is 1570. The highest BCUT2D eigenvalue weighted by atomic mass is 16.5. The Balaban J connectivity index is 1.22. The molecule has 2 heterocycles. The molecular weight excluding hydrogens is 551 g/mol. The van der Waals surface area contributed by atoms with E-state index in [4.69, 9.17) is 4.65 Å². The van der Waals surface area contributed by atoms with Gasteiger partial charge in [-0.15, -0.1) is 0 Å². The van der Waals surface area contributed by atoms with Crippen LogP contribution in [0.4, 0.5) is 17.1 Å². The van der Waals surface area contributed by atoms with Crippen molar-refractivity contribution in [1.29, 1.82) is 0 Å². The number of phenolic OH excluding ortho intramolecular Hbond substituents is 1. The number of aromatic hydroxyl groups is 1. The lowest BCUT2D eigenvalue weighted by molar-refractivity contribution is -0.122. The number of amides is 2. The van der Waals surface area contributed by atoms with Gasteiger partial charge in [0.15, 0.2) is 0 Å². The van der Waals surface area contributed by atoms with Crippen LogP contribution in [0.3, 0.4) is 0 Å². The second kappa shape index (κ2) is 12.8. The maximum atomic E-state index is 14.0. The van der Waals surface area contributed by atoms with Gasteiger partial charge < -0.3 is 20.1 Å². The van der Waals surface area contributed by atoms with Gasteiger partial charge in [-0.25, -0.2) is 0 Å². The van der Waals surface area contributed by atoms with Crippen LogP contribution in [0.25, 0.3) is 6.08 Å². The summed E-state index contributed by atoms with van der Waals surface area (Å²) in [6, 6.07) is 24.4. The van der Waals surface area contributed by atoms with Gasteiger partial charge in [-0.1, -0.05) is 61.4 Å². The molecule has 3 aromatic rings. The van der Waals surface area contributed by atoms with Crippen LogP contribution in [-0.4, -0.2) is 35.2 Å². The maximum absolute atomic E-state index is 14.0. The van der Waals surface area contributed by atoms with Gasteiger partial charge in [0, 0.05) is 11.4 Å². The summed E-state index contributed by atoms with van der Waals surface area (Å²) in [6.45, 7) is 4.22. The van der Waals surface area contributed by atoms with E-state index in [-0.39, 0.29) is 29.6 Å². The van der Waals surface area contributed by atoms with Gasteiger partial charge in [0.05, 0.1) is 23.6 Å². The fourth-order valence-corrected chi connectivity index (χ4v) is 7.21. The minimum atomic E-state index is -0.989. The van der Waals surface area contributed by atoms with E-state index in [1.165, 1.54) is 16.0 Å². The Hall–Kier alpha value is -4.14. The largest absolute Gasteiger partial charge is 0.508 e. The first kappa shape index (κ1) is 29.9. The molecule has 0 aromatic heterocycles. The number of hydrogen-bond acceptors (Lipinski definition) is 6. The zero-order valence-electron chi connectivity index (χ0n) is 25.3. The van der Waals surface area contributed by atoms with E-state index in [0.29, 0.717) is 24.8 Å². The zero-order chi connectivity index (χ0) is 30.8. The Labute approximate surface area is 259 Å². The molecule has 3 aliphatic rings. The van der Waals surface area contributed by atoms with Gasteiger partial charge in [-0.2, -0.15) is 0 Å². The van der Waals surface area contributed by atoms with E-state index in [0.717, 1.165) is 41.8 Å². The summed E-state index contributed by atoms with van der Waals surface area (Å²) in [4.78, 5) is 29.2. The molecule has 3 aromatic carbocycles. The minimum absolute atomic E-state index is 0.156. The number of imide groups is 1. The number of fused-ring (bicyclic) bond motifs is 3. The van der Waals surface area contributed by atoms with Crippen LogP contribution in [-0.2, 0) is 14.2 Å². The van der Waals surface area contributed by atoms with Gasteiger partial charge in [0.25, 0.3) is 0 Å². The highest BCUT2D eigenvalue weighted by Crippen LogP contribution is 2.52. The van der Waals surface area contributed by atoms with Crippen molar-refractivity contribution in [3.8, 4) is 5.75 Å². The SMILES string of the molecule is CCC1=C2[C@@H](CC/C(=C/c3ccc(O)cc3)CC)OB(O)C[C@@H]2[C@@H]2C(=O)N(c3ccc(Nc4ccccc4)cc3)C(=O)[C@@H]2C1. The Kier molecular flexibility index (Phi) is 8.73. The van der Waals surface area contributed by atoms with Crippen LogP contribution < -0.4 is 10.2 Å². The summed E-state index contributed by atoms with van der Waals surface area (Å²) >= 11 is 0. The number of benzene rings is 3. The lowest BCUT2D eigenvalue weighted by Gasteiger charge is -2.43. The molecular formula is C36H39BN2O5. The van der Waals surface area contributed by atoms with Crippen LogP contribution in [0.2, 0.25) is 6.32 Å². The lowest BCUT2D eigenvalue weighted by Crippen LogP contribution is -2.46. The Morgan fingerprint density at radius 3 is 2.34 bits per heavy atom. The molecule has 226 valence electrons. The number of carbonyl (C=O) groups is 2. The van der Waals surface area contributed by atoms with Crippen molar-refractivity contribution in [2.75, 3.05) is 10.2 Å². The fraction of sp³-hybridized carbons (Fsp3) is 0.333. The fourth-order valence-electron chi connectivity index (χ4n) is 7.21. The highest BCUT2D eigenvalue weighted by molar-refractivity contribution is 6.43. The predicted molar refractivity (Wildman–Crippen MR) is 174 cm³/mol. The van der Waals surface area contributed by atoms with Gasteiger partial charge in [-0.3, -0.25) is 14.5 Å². The van der Waals surface area contributed by atoms with Crippen molar-refractivity contribution in [2.45, 2.75) is 58.4 Å². The minimum Gasteiger partial charge on any atom is -0.508 e. The number of carbonyl (C=O) groups excluding carboxylic acids is 2. The highest BCUT2D eigenvalue weighted by Gasteiger charge is 2.57. The average molecular weight is 591 g/mol. The summed E-state index contributed by atoms with van der Waals surface area (Å²) in [5, 5.41) is 23.8. The topological polar surface area (TPSA) is 99.1 Å². The van der Waals surface area contributed by atoms with E-state index >= 15 is 0 Å². The standard InChI is InChI=1S/C36H39BN2O5/c1-3-23(20-24-10-17-29(40)18-11-24)12-19-32-33-25(4-2)21-30-34(31(33)22-37(43)44-32)36(42)39(35(30)41)28-15-13-27(14-16-28)38-26-8-6-5-7-9-26/h5-11,13-18,20,30-32,34,38,40,43H,3-4,12,19,21-22H2,1-2H3/b23-20+/t30-,31+,32-,34-/m1/s1. The molecule has 0 saturated carbocycles. The molecule has 4 atom stereocenters. The third kappa shape index (κ3) is 5.97. The van der Waals surface area contributed by atoms with Crippen molar-refractivity contribution in [1.82, 2.24) is 0 Å². The Morgan fingerprint density at radius 2 is 1.66 bits per heavy atom. The van der Waals surface area contributed by atoms with E-state index in [2.05, 4.69) is 25.2 Å². The first-order valence-electron chi connectivity index (χ1n) is 15.7. The predicted octanol–water partition coefficient (Wildman–Crippen LogP) is 7.12. The van der Waals surface area contributed by atoms with Crippen LogP contribution >= 0.6 is 0 Å². The number of para-hydroxylation sites is 1. The molecule has 7 nitrogen and oxygen atoms in total. The molecule has 2 aliphatic heterocycles. The molecule has 0 bridgehead atoms. The van der Waals surface area contributed by atoms with Gasteiger partial charge in [-0.05, 0) is 104 Å². The molecule has 6 rings (SSSR count). The summed E-state index contributed by atoms with van der Waals surface area (Å²) < 4.78 is 6.15. The normalized spacial score (nSPS) is 23.6. The van der Waals surface area contributed by atoms with Crippen molar-refractivity contribution in [3.63, 3.8) is 0 Å². The van der Waals surface area contributed by atoms with Crippen molar-refractivity contribution < 1.29 is 24.4 Å². The third-order valence-corrected chi connectivity index (χ3v) is 9.37. The average Bonchev–Trinajstić information content (AvgIpc) is 3.29. The van der Waals surface area contributed by atoms with Gasteiger partial charge >= 0.3 is 7.12 Å². The molecule has 0 spiro atoms. The third-order valence-electron chi connectivity index (χ3n) is 9.37. The lowest BCUT2D eigenvalue weighted by atomic mass is 9.58. The van der Waals surface area contributed by atoms with Crippen LogP contribution in [0.15, 0.2) is 95.6 Å². The van der Waals surface area contributed by atoms with Crippen LogP contribution in [0.5, 0.6) is 5.75 Å². The van der Waals surface area contributed by atoms with E-state index < -0.39 is 19.0 Å². The molecule has 44 heavy (non-hydrogen) atoms. The molecule has 2 amide bonds. The van der Waals surface area contributed by atoms with Crippen molar-refractivity contribution in [3.05, 3.63) is 101 Å². The summed E-state index contributed by atoms with van der Waals surface area (Å²) in [7, 11) is -0.989. The summed E-state index contributed by atoms with van der Waals surface area (Å²) in [5.41, 5.74) is 6.96. The molecule has 2 fully saturated rings. The smallest absolute Gasteiger partial charge is 0.455 e. The molecule has 0 radical (unpaired) electrons. The van der Waals surface area contributed by atoms with E-state index in [9.17, 15) is 19.7 Å². The van der Waals surface area contributed by atoms with Crippen molar-refractivity contribution in [2.24, 2.45) is 17.8 Å². The molecule has 1 aliphatic carbocycles. The first-order chi connectivity index (χ1) is 21.4. The number of allylic oxidation sites excluding steroid dienone is 2. The zero-order valence-corrected chi connectivity index (χ0v) is 25.3. The second-order valence-electron chi connectivity index (χ2n) is 12.0. The maximum Gasteiger partial charge on any atom is 0.455 e. The van der Waals surface area contributed by atoms with E-state index in [1.54, 1.807) is 12.1 Å². The number of rotatable bonds is 9. The first-order valence-corrected chi connectivity index (χ1v) is 15.7. The quantitative estimate of drug-likeness (QED) is 0.139. The second-order valence-corrected chi connectivity index (χ2v) is 12.0. The van der Waals surface area contributed by atoms with Gasteiger partial charge in [0.1, 0.15) is 5.75 Å². The molecule has 0 unspecified atom stereocenters.